The third kappa shape index (κ3) is 3.75. The van der Waals surface area contributed by atoms with Gasteiger partial charge in [-0.05, 0) is 24.8 Å². The number of aromatic amines is 2. The van der Waals surface area contributed by atoms with Gasteiger partial charge < -0.3 is 15.6 Å². The lowest BCUT2D eigenvalue weighted by Crippen LogP contribution is -2.01. The summed E-state index contributed by atoms with van der Waals surface area (Å²) >= 11 is 0. The lowest BCUT2D eigenvalue weighted by atomic mass is 10.3. The standard InChI is InChI=1S/C13H15N7.C5H10/c1-14-11-8-4-5-15-12(8)18-13(17-11)16-10-6-9(19-20-10)7-2-3-7;1-2-5-3-4-5/h4-7H,2-3H2,1H3,(H4,14,15,16,17,18,19,20);5H,2-4H2,1H3. The number of nitrogens with one attached hydrogen (secondary N) is 4. The molecule has 0 bridgehead atoms. The first-order valence-electron chi connectivity index (χ1n) is 9.12. The van der Waals surface area contributed by atoms with Gasteiger partial charge in [0.1, 0.15) is 11.5 Å². The Hall–Kier alpha value is -2.57. The Morgan fingerprint density at radius 3 is 2.68 bits per heavy atom. The fourth-order valence-corrected chi connectivity index (χ4v) is 2.83. The zero-order chi connectivity index (χ0) is 17.2. The molecule has 0 unspecified atom stereocenters. The molecular formula is C18H25N7. The molecule has 0 aliphatic heterocycles. The maximum Gasteiger partial charge on any atom is 0.232 e. The van der Waals surface area contributed by atoms with Gasteiger partial charge >= 0.3 is 0 Å². The van der Waals surface area contributed by atoms with E-state index in [-0.39, 0.29) is 0 Å². The zero-order valence-electron chi connectivity index (χ0n) is 14.8. The van der Waals surface area contributed by atoms with E-state index in [1.807, 2.05) is 25.4 Å². The van der Waals surface area contributed by atoms with E-state index < -0.39 is 0 Å². The minimum atomic E-state index is 0.526. The summed E-state index contributed by atoms with van der Waals surface area (Å²) in [6.45, 7) is 2.26. The van der Waals surface area contributed by atoms with Crippen LogP contribution in [0.2, 0.25) is 0 Å². The van der Waals surface area contributed by atoms with Gasteiger partial charge in [0.05, 0.1) is 5.39 Å². The molecular weight excluding hydrogens is 314 g/mol. The Labute approximate surface area is 147 Å². The predicted octanol–water partition coefficient (Wildman–Crippen LogP) is 4.15. The van der Waals surface area contributed by atoms with Gasteiger partial charge in [-0.1, -0.05) is 26.2 Å². The van der Waals surface area contributed by atoms with Crippen LogP contribution in [0.15, 0.2) is 18.3 Å². The molecule has 2 aliphatic rings. The molecule has 0 atom stereocenters. The second-order valence-corrected chi connectivity index (χ2v) is 6.85. The second-order valence-electron chi connectivity index (χ2n) is 6.85. The van der Waals surface area contributed by atoms with Crippen molar-refractivity contribution in [1.82, 2.24) is 25.1 Å². The van der Waals surface area contributed by atoms with E-state index >= 15 is 0 Å². The SMILES string of the molecule is CCC1CC1.CNc1nc(Nc2cc(C3CC3)[nH]n2)nc2[nH]ccc12. The van der Waals surface area contributed by atoms with Crippen LogP contribution in [-0.4, -0.2) is 32.2 Å². The largest absolute Gasteiger partial charge is 0.372 e. The highest BCUT2D eigenvalue weighted by Crippen LogP contribution is 2.39. The summed E-state index contributed by atoms with van der Waals surface area (Å²) in [4.78, 5) is 12.0. The summed E-state index contributed by atoms with van der Waals surface area (Å²) in [5.74, 6) is 3.85. The highest BCUT2D eigenvalue weighted by atomic mass is 15.2. The Morgan fingerprint density at radius 1 is 1.20 bits per heavy atom. The van der Waals surface area contributed by atoms with Crippen molar-refractivity contribution in [3.63, 3.8) is 0 Å². The number of hydrogen-bond donors (Lipinski definition) is 4. The van der Waals surface area contributed by atoms with Crippen LogP contribution in [0, 0.1) is 5.92 Å². The van der Waals surface area contributed by atoms with E-state index in [4.69, 9.17) is 0 Å². The van der Waals surface area contributed by atoms with Gasteiger partial charge in [-0.2, -0.15) is 15.1 Å². The third-order valence-corrected chi connectivity index (χ3v) is 4.78. The van der Waals surface area contributed by atoms with E-state index in [0.717, 1.165) is 28.6 Å². The van der Waals surface area contributed by atoms with Gasteiger partial charge in [-0.25, -0.2) is 0 Å². The molecule has 4 N–H and O–H groups in total. The van der Waals surface area contributed by atoms with Gasteiger partial charge in [0.15, 0.2) is 5.82 Å². The van der Waals surface area contributed by atoms with Crippen molar-refractivity contribution in [1.29, 1.82) is 0 Å². The molecule has 0 saturated heterocycles. The molecule has 3 aromatic heterocycles. The Kier molecular flexibility index (Phi) is 4.29. The Morgan fingerprint density at radius 2 is 2.04 bits per heavy atom. The molecule has 5 rings (SSSR count). The van der Waals surface area contributed by atoms with E-state index in [9.17, 15) is 0 Å². The van der Waals surface area contributed by atoms with Gasteiger partial charge in [0.25, 0.3) is 0 Å². The molecule has 2 saturated carbocycles. The van der Waals surface area contributed by atoms with Crippen molar-refractivity contribution in [2.24, 2.45) is 5.92 Å². The van der Waals surface area contributed by atoms with Gasteiger partial charge in [-0.3, -0.25) is 5.10 Å². The predicted molar refractivity (Wildman–Crippen MR) is 100 cm³/mol. The maximum atomic E-state index is 4.45. The van der Waals surface area contributed by atoms with Crippen molar-refractivity contribution in [2.75, 3.05) is 17.7 Å². The van der Waals surface area contributed by atoms with Crippen molar-refractivity contribution in [3.8, 4) is 0 Å². The van der Waals surface area contributed by atoms with Crippen LogP contribution in [0.3, 0.4) is 0 Å². The molecule has 2 fully saturated rings. The van der Waals surface area contributed by atoms with Crippen molar-refractivity contribution < 1.29 is 0 Å². The van der Waals surface area contributed by atoms with Crippen LogP contribution in [0.25, 0.3) is 11.0 Å². The molecule has 0 radical (unpaired) electrons. The average molecular weight is 339 g/mol. The summed E-state index contributed by atoms with van der Waals surface area (Å²) in [6.07, 6.45) is 8.78. The molecule has 132 valence electrons. The molecule has 0 aromatic carbocycles. The Balaban J connectivity index is 0.000000272. The van der Waals surface area contributed by atoms with E-state index in [1.165, 1.54) is 37.8 Å². The zero-order valence-corrected chi connectivity index (χ0v) is 14.8. The normalized spacial score (nSPS) is 16.4. The van der Waals surface area contributed by atoms with Crippen LogP contribution in [-0.2, 0) is 0 Å². The molecule has 3 aromatic rings. The van der Waals surface area contributed by atoms with Crippen LogP contribution in [0.1, 0.15) is 50.6 Å². The van der Waals surface area contributed by atoms with Crippen LogP contribution < -0.4 is 10.6 Å². The Bertz CT molecular complexity index is 842. The number of aromatic nitrogens is 5. The van der Waals surface area contributed by atoms with Crippen LogP contribution in [0.5, 0.6) is 0 Å². The molecule has 2 aliphatic carbocycles. The van der Waals surface area contributed by atoms with Gasteiger partial charge in [0, 0.05) is 30.9 Å². The summed E-state index contributed by atoms with van der Waals surface area (Å²) < 4.78 is 0. The second kappa shape index (κ2) is 6.74. The van der Waals surface area contributed by atoms with E-state index in [2.05, 4.69) is 42.7 Å². The third-order valence-electron chi connectivity index (χ3n) is 4.78. The highest BCUT2D eigenvalue weighted by molar-refractivity contribution is 5.88. The first kappa shape index (κ1) is 15.9. The summed E-state index contributed by atoms with van der Waals surface area (Å²) in [5.41, 5.74) is 1.98. The lowest BCUT2D eigenvalue weighted by Gasteiger charge is -2.05. The van der Waals surface area contributed by atoms with Crippen LogP contribution in [0.4, 0.5) is 17.6 Å². The summed E-state index contributed by atoms with van der Waals surface area (Å²) in [6, 6.07) is 3.98. The minimum Gasteiger partial charge on any atom is -0.372 e. The summed E-state index contributed by atoms with van der Waals surface area (Å²) in [7, 11) is 1.85. The topological polar surface area (TPSA) is 94.3 Å². The number of anilines is 3. The maximum absolute atomic E-state index is 4.45. The quantitative estimate of drug-likeness (QED) is 0.560. The molecule has 7 heteroatoms. The highest BCUT2D eigenvalue weighted by Gasteiger charge is 2.25. The number of hydrogen-bond acceptors (Lipinski definition) is 5. The van der Waals surface area contributed by atoms with Gasteiger partial charge in [0.2, 0.25) is 5.95 Å². The smallest absolute Gasteiger partial charge is 0.232 e. The van der Waals surface area contributed by atoms with Crippen molar-refractivity contribution in [2.45, 2.75) is 44.9 Å². The van der Waals surface area contributed by atoms with Gasteiger partial charge in [-0.15, -0.1) is 0 Å². The lowest BCUT2D eigenvalue weighted by molar-refractivity contribution is 0.799. The monoisotopic (exact) mass is 339 g/mol. The number of nitrogens with zero attached hydrogens (tertiary/aromatic N) is 3. The molecule has 7 nitrogen and oxygen atoms in total. The van der Waals surface area contributed by atoms with Crippen molar-refractivity contribution in [3.05, 3.63) is 24.0 Å². The van der Waals surface area contributed by atoms with E-state index in [1.54, 1.807) is 0 Å². The fraction of sp³-hybridized carbons (Fsp3) is 0.500. The first-order valence-corrected chi connectivity index (χ1v) is 9.12. The molecule has 0 amide bonds. The van der Waals surface area contributed by atoms with E-state index in [0.29, 0.717) is 11.9 Å². The first-order chi connectivity index (χ1) is 12.3. The summed E-state index contributed by atoms with van der Waals surface area (Å²) in [5, 5.41) is 14.5. The average Bonchev–Trinajstić information content (AvgIpc) is 3.56. The molecule has 25 heavy (non-hydrogen) atoms. The number of H-pyrrole nitrogens is 2. The molecule has 0 spiro atoms. The van der Waals surface area contributed by atoms with Crippen molar-refractivity contribution >= 4 is 28.6 Å². The number of rotatable bonds is 5. The molecule has 3 heterocycles. The fourth-order valence-electron chi connectivity index (χ4n) is 2.83. The number of fused-ring (bicyclic) bond motifs is 1. The van der Waals surface area contributed by atoms with Crippen LogP contribution >= 0.6 is 0 Å². The minimum absolute atomic E-state index is 0.526.